The number of benzene rings is 1. The Bertz CT molecular complexity index is 521. The highest BCUT2D eigenvalue weighted by atomic mass is 32.2. The van der Waals surface area contributed by atoms with Gasteiger partial charge in [0.25, 0.3) is 0 Å². The van der Waals surface area contributed by atoms with Gasteiger partial charge >= 0.3 is 0 Å². The van der Waals surface area contributed by atoms with Crippen LogP contribution in [0.1, 0.15) is 0 Å². The fourth-order valence-corrected chi connectivity index (χ4v) is 2.87. The Balaban J connectivity index is 3.07. The molecule has 0 saturated heterocycles. The molecule has 0 unspecified atom stereocenters. The van der Waals surface area contributed by atoms with Gasteiger partial charge in [0, 0.05) is 20.2 Å². The van der Waals surface area contributed by atoms with Crippen molar-refractivity contribution in [3.05, 3.63) is 29.8 Å². The Morgan fingerprint density at radius 1 is 1.26 bits per heavy atom. The summed E-state index contributed by atoms with van der Waals surface area (Å²) in [6.45, 7) is -0.390. The largest absolute Gasteiger partial charge is 0.395 e. The maximum absolute atomic E-state index is 13.1. The summed E-state index contributed by atoms with van der Waals surface area (Å²) in [6.07, 6.45) is 0. The zero-order valence-electron chi connectivity index (χ0n) is 10.3. The molecule has 0 radical (unpaired) electrons. The minimum atomic E-state index is -3.99. The second kappa shape index (κ2) is 6.90. The Labute approximate surface area is 110 Å². The first-order valence-electron chi connectivity index (χ1n) is 5.48. The summed E-state index contributed by atoms with van der Waals surface area (Å²) in [5, 5.41) is 8.86. The molecule has 8 heteroatoms. The summed E-state index contributed by atoms with van der Waals surface area (Å²) >= 11 is 0. The number of nitrogens with zero attached hydrogens (tertiary/aromatic N) is 1. The molecule has 0 fully saturated rings. The van der Waals surface area contributed by atoms with E-state index >= 15 is 0 Å². The zero-order chi connectivity index (χ0) is 14.5. The van der Waals surface area contributed by atoms with Crippen LogP contribution in [0, 0.1) is 11.6 Å². The number of sulfonamides is 1. The van der Waals surface area contributed by atoms with Crippen LogP contribution >= 0.6 is 0 Å². The lowest BCUT2D eigenvalue weighted by Crippen LogP contribution is -2.36. The van der Waals surface area contributed by atoms with E-state index in [1.165, 1.54) is 7.11 Å². The van der Waals surface area contributed by atoms with Gasteiger partial charge in [-0.2, -0.15) is 4.31 Å². The highest BCUT2D eigenvalue weighted by Crippen LogP contribution is 2.18. The predicted octanol–water partition coefficient (Wildman–Crippen LogP) is 0.594. The van der Waals surface area contributed by atoms with E-state index in [0.717, 1.165) is 16.4 Å². The molecular formula is C11H15F2NO4S. The van der Waals surface area contributed by atoms with Crippen LogP contribution in [0.2, 0.25) is 0 Å². The van der Waals surface area contributed by atoms with Crippen LogP contribution in [0.15, 0.2) is 23.1 Å². The maximum Gasteiger partial charge on any atom is 0.243 e. The number of hydrogen-bond acceptors (Lipinski definition) is 4. The average molecular weight is 295 g/mol. The van der Waals surface area contributed by atoms with E-state index in [2.05, 4.69) is 0 Å². The van der Waals surface area contributed by atoms with Crippen molar-refractivity contribution in [2.75, 3.05) is 33.4 Å². The van der Waals surface area contributed by atoms with Crippen molar-refractivity contribution < 1.29 is 27.0 Å². The molecule has 0 atom stereocenters. The van der Waals surface area contributed by atoms with Crippen molar-refractivity contribution in [1.82, 2.24) is 4.31 Å². The molecule has 19 heavy (non-hydrogen) atoms. The number of hydrogen-bond donors (Lipinski definition) is 1. The van der Waals surface area contributed by atoms with E-state index in [9.17, 15) is 17.2 Å². The molecule has 0 heterocycles. The molecule has 1 aromatic rings. The van der Waals surface area contributed by atoms with Gasteiger partial charge in [-0.05, 0) is 18.2 Å². The SMILES string of the molecule is COCCN(CCO)S(=O)(=O)c1ccc(F)c(F)c1. The van der Waals surface area contributed by atoms with E-state index in [-0.39, 0.29) is 31.2 Å². The standard InChI is InChI=1S/C11H15F2NO4S/c1-18-7-5-14(4-6-15)19(16,17)9-2-3-10(12)11(13)8-9/h2-3,8,15H,4-7H2,1H3. The second-order valence-electron chi connectivity index (χ2n) is 3.70. The first-order valence-corrected chi connectivity index (χ1v) is 6.92. The summed E-state index contributed by atoms with van der Waals surface area (Å²) in [5.74, 6) is -2.36. The van der Waals surface area contributed by atoms with Gasteiger partial charge in [-0.1, -0.05) is 0 Å². The van der Waals surface area contributed by atoms with Crippen molar-refractivity contribution in [2.45, 2.75) is 4.90 Å². The Hall–Kier alpha value is -1.09. The molecule has 1 rings (SSSR count). The van der Waals surface area contributed by atoms with Crippen LogP contribution in [0.25, 0.3) is 0 Å². The lowest BCUT2D eigenvalue weighted by atomic mass is 10.3. The minimum Gasteiger partial charge on any atom is -0.395 e. The molecule has 1 aromatic carbocycles. The number of rotatable bonds is 7. The Morgan fingerprint density at radius 3 is 2.47 bits per heavy atom. The fourth-order valence-electron chi connectivity index (χ4n) is 1.44. The van der Waals surface area contributed by atoms with Crippen molar-refractivity contribution in [2.24, 2.45) is 0 Å². The minimum absolute atomic E-state index is 0.0123. The van der Waals surface area contributed by atoms with Gasteiger partial charge in [-0.15, -0.1) is 0 Å². The molecule has 0 spiro atoms. The van der Waals surface area contributed by atoms with Crippen molar-refractivity contribution in [1.29, 1.82) is 0 Å². The topological polar surface area (TPSA) is 66.8 Å². The lowest BCUT2D eigenvalue weighted by molar-refractivity contribution is 0.168. The first kappa shape index (κ1) is 16.0. The van der Waals surface area contributed by atoms with Gasteiger partial charge in [0.05, 0.1) is 18.1 Å². The highest BCUT2D eigenvalue weighted by Gasteiger charge is 2.24. The molecule has 0 aliphatic rings. The number of aliphatic hydroxyl groups is 1. The quantitative estimate of drug-likeness (QED) is 0.799. The smallest absolute Gasteiger partial charge is 0.243 e. The van der Waals surface area contributed by atoms with E-state index < -0.39 is 21.7 Å². The Morgan fingerprint density at radius 2 is 1.95 bits per heavy atom. The molecule has 5 nitrogen and oxygen atoms in total. The molecule has 0 saturated carbocycles. The molecule has 0 bridgehead atoms. The summed E-state index contributed by atoms with van der Waals surface area (Å²) in [7, 11) is -2.58. The maximum atomic E-state index is 13.1. The van der Waals surface area contributed by atoms with Gasteiger partial charge in [-0.3, -0.25) is 0 Å². The molecule has 0 aliphatic carbocycles. The number of ether oxygens (including phenoxy) is 1. The van der Waals surface area contributed by atoms with Crippen LogP contribution in [0.3, 0.4) is 0 Å². The number of methoxy groups -OCH3 is 1. The zero-order valence-corrected chi connectivity index (χ0v) is 11.2. The van der Waals surface area contributed by atoms with Gasteiger partial charge < -0.3 is 9.84 Å². The predicted molar refractivity (Wildman–Crippen MR) is 64.1 cm³/mol. The van der Waals surface area contributed by atoms with Crippen molar-refractivity contribution in [3.63, 3.8) is 0 Å². The van der Waals surface area contributed by atoms with Crippen LogP contribution in [0.5, 0.6) is 0 Å². The molecule has 1 N–H and O–H groups in total. The van der Waals surface area contributed by atoms with Gasteiger partial charge in [0.1, 0.15) is 0 Å². The number of aliphatic hydroxyl groups excluding tert-OH is 1. The molecule has 0 aromatic heterocycles. The third-order valence-corrected chi connectivity index (χ3v) is 4.32. The van der Waals surface area contributed by atoms with Gasteiger partial charge in [-0.25, -0.2) is 17.2 Å². The third-order valence-electron chi connectivity index (χ3n) is 2.42. The van der Waals surface area contributed by atoms with E-state index in [1.807, 2.05) is 0 Å². The van der Waals surface area contributed by atoms with Gasteiger partial charge in [0.15, 0.2) is 11.6 Å². The van der Waals surface area contributed by atoms with Crippen LogP contribution in [-0.2, 0) is 14.8 Å². The fraction of sp³-hybridized carbons (Fsp3) is 0.455. The normalized spacial score (nSPS) is 12.1. The summed E-state index contributed by atoms with van der Waals surface area (Å²) in [5.41, 5.74) is 0. The third kappa shape index (κ3) is 3.93. The van der Waals surface area contributed by atoms with Gasteiger partial charge in [0.2, 0.25) is 10.0 Å². The second-order valence-corrected chi connectivity index (χ2v) is 5.63. The molecular weight excluding hydrogens is 280 g/mol. The highest BCUT2D eigenvalue weighted by molar-refractivity contribution is 7.89. The summed E-state index contributed by atoms with van der Waals surface area (Å²) < 4.78 is 55.9. The van der Waals surface area contributed by atoms with Crippen LogP contribution in [0.4, 0.5) is 8.78 Å². The van der Waals surface area contributed by atoms with E-state index in [0.29, 0.717) is 6.07 Å². The van der Waals surface area contributed by atoms with E-state index in [4.69, 9.17) is 9.84 Å². The van der Waals surface area contributed by atoms with Crippen LogP contribution in [-0.4, -0.2) is 51.2 Å². The average Bonchev–Trinajstić information content (AvgIpc) is 2.37. The van der Waals surface area contributed by atoms with Crippen molar-refractivity contribution in [3.8, 4) is 0 Å². The van der Waals surface area contributed by atoms with Crippen molar-refractivity contribution >= 4 is 10.0 Å². The monoisotopic (exact) mass is 295 g/mol. The summed E-state index contributed by atoms with van der Waals surface area (Å²) in [6, 6.07) is 2.34. The lowest BCUT2D eigenvalue weighted by Gasteiger charge is -2.20. The molecule has 108 valence electrons. The molecule has 0 amide bonds. The van der Waals surface area contributed by atoms with Crippen LogP contribution < -0.4 is 0 Å². The molecule has 0 aliphatic heterocycles. The summed E-state index contributed by atoms with van der Waals surface area (Å²) in [4.78, 5) is -0.365. The Kier molecular flexibility index (Phi) is 5.80. The van der Waals surface area contributed by atoms with E-state index in [1.54, 1.807) is 0 Å². The number of halogens is 2. The first-order chi connectivity index (χ1) is 8.93.